The lowest BCUT2D eigenvalue weighted by Gasteiger charge is -2.02. The highest BCUT2D eigenvalue weighted by molar-refractivity contribution is 7.98. The Bertz CT molecular complexity index is 666. The molecule has 3 rings (SSSR count). The third-order valence-corrected chi connectivity index (χ3v) is 5.27. The van der Waals surface area contributed by atoms with Gasteiger partial charge in [0.15, 0.2) is 0 Å². The number of nitrogen functional groups attached to an aromatic ring is 1. The number of nitrogens with zero attached hydrogens (tertiary/aromatic N) is 1. The molecule has 6 heteroatoms. The Kier molecular flexibility index (Phi) is 3.85. The molecule has 0 aromatic carbocycles. The average molecular weight is 307 g/mol. The first-order chi connectivity index (χ1) is 9.70. The van der Waals surface area contributed by atoms with Gasteiger partial charge in [0, 0.05) is 23.4 Å². The fraction of sp³-hybridized carbons (Fsp3) is 0.429. The van der Waals surface area contributed by atoms with Gasteiger partial charge in [-0.2, -0.15) is 11.8 Å². The Morgan fingerprint density at radius 2 is 2.40 bits per heavy atom. The van der Waals surface area contributed by atoms with E-state index in [0.717, 1.165) is 28.8 Å². The molecular formula is C14H17N3OS2. The summed E-state index contributed by atoms with van der Waals surface area (Å²) in [7, 11) is 0. The third kappa shape index (κ3) is 2.38. The molecule has 2 aromatic rings. The number of hydrogen-bond acceptors (Lipinski definition) is 5. The molecule has 0 fully saturated rings. The van der Waals surface area contributed by atoms with E-state index in [1.54, 1.807) is 11.8 Å². The highest BCUT2D eigenvalue weighted by atomic mass is 32.2. The van der Waals surface area contributed by atoms with Crippen LogP contribution < -0.4 is 11.1 Å². The number of nitrogens with two attached hydrogens (primary N) is 1. The first-order valence-corrected chi connectivity index (χ1v) is 8.89. The Hall–Kier alpha value is -1.27. The number of rotatable bonds is 4. The van der Waals surface area contributed by atoms with Crippen molar-refractivity contribution in [2.24, 2.45) is 0 Å². The minimum Gasteiger partial charge on any atom is -0.397 e. The maximum Gasteiger partial charge on any atom is 0.263 e. The number of hydrogen-bond donors (Lipinski definition) is 2. The van der Waals surface area contributed by atoms with Crippen molar-refractivity contribution in [3.8, 4) is 0 Å². The fourth-order valence-electron chi connectivity index (χ4n) is 2.51. The molecule has 0 spiro atoms. The summed E-state index contributed by atoms with van der Waals surface area (Å²) in [4.78, 5) is 18.3. The largest absolute Gasteiger partial charge is 0.397 e. The summed E-state index contributed by atoms with van der Waals surface area (Å²) in [5, 5.41) is 3.84. The first-order valence-electron chi connectivity index (χ1n) is 6.68. The molecule has 0 unspecified atom stereocenters. The number of fused-ring (bicyclic) bond motifs is 2. The van der Waals surface area contributed by atoms with Crippen molar-refractivity contribution < 1.29 is 4.79 Å². The van der Waals surface area contributed by atoms with E-state index in [2.05, 4.69) is 16.4 Å². The number of pyridine rings is 1. The smallest absolute Gasteiger partial charge is 0.263 e. The molecule has 0 bridgehead atoms. The van der Waals surface area contributed by atoms with E-state index in [4.69, 9.17) is 5.73 Å². The summed E-state index contributed by atoms with van der Waals surface area (Å²) in [5.41, 5.74) is 9.18. The molecule has 1 aliphatic rings. The van der Waals surface area contributed by atoms with Gasteiger partial charge in [-0.1, -0.05) is 0 Å². The summed E-state index contributed by atoms with van der Waals surface area (Å²) in [5.74, 6) is 0.822. The van der Waals surface area contributed by atoms with Gasteiger partial charge in [0.25, 0.3) is 5.91 Å². The van der Waals surface area contributed by atoms with Gasteiger partial charge in [-0.15, -0.1) is 11.3 Å². The average Bonchev–Trinajstić information content (AvgIpc) is 3.01. The number of thiophene rings is 1. The molecule has 3 N–H and O–H groups in total. The fourth-order valence-corrected chi connectivity index (χ4v) is 3.83. The van der Waals surface area contributed by atoms with E-state index in [1.807, 2.05) is 6.26 Å². The van der Waals surface area contributed by atoms with Crippen LogP contribution in [0.3, 0.4) is 0 Å². The molecule has 0 saturated carbocycles. The van der Waals surface area contributed by atoms with Crippen LogP contribution in [0.4, 0.5) is 5.69 Å². The van der Waals surface area contributed by atoms with Crippen LogP contribution in [0.2, 0.25) is 0 Å². The lowest BCUT2D eigenvalue weighted by Crippen LogP contribution is -2.25. The maximum absolute atomic E-state index is 12.1. The molecule has 2 heterocycles. The Morgan fingerprint density at radius 1 is 1.55 bits per heavy atom. The van der Waals surface area contributed by atoms with Gasteiger partial charge in [0.1, 0.15) is 9.71 Å². The van der Waals surface area contributed by atoms with Crippen molar-refractivity contribution >= 4 is 44.9 Å². The predicted octanol–water partition coefficient (Wildman–Crippen LogP) is 2.46. The third-order valence-electron chi connectivity index (χ3n) is 3.55. The van der Waals surface area contributed by atoms with Crippen molar-refractivity contribution in [3.05, 3.63) is 22.2 Å². The predicted molar refractivity (Wildman–Crippen MR) is 86.8 cm³/mol. The second-order valence-electron chi connectivity index (χ2n) is 4.89. The minimum absolute atomic E-state index is 0.0836. The monoisotopic (exact) mass is 307 g/mol. The van der Waals surface area contributed by atoms with Crippen molar-refractivity contribution in [3.63, 3.8) is 0 Å². The summed E-state index contributed by atoms with van der Waals surface area (Å²) < 4.78 is 0. The number of aryl methyl sites for hydroxylation is 2. The maximum atomic E-state index is 12.1. The number of nitrogens with one attached hydrogen (secondary N) is 1. The molecule has 0 saturated heterocycles. The lowest BCUT2D eigenvalue weighted by molar-refractivity contribution is 0.0961. The van der Waals surface area contributed by atoms with E-state index >= 15 is 0 Å². The molecule has 0 radical (unpaired) electrons. The Labute approximate surface area is 126 Å². The number of anilines is 1. The van der Waals surface area contributed by atoms with E-state index in [9.17, 15) is 4.79 Å². The molecule has 2 aromatic heterocycles. The summed E-state index contributed by atoms with van der Waals surface area (Å²) in [6.07, 6.45) is 5.30. The zero-order valence-corrected chi connectivity index (χ0v) is 13.0. The molecule has 106 valence electrons. The van der Waals surface area contributed by atoms with Gasteiger partial charge in [-0.25, -0.2) is 4.98 Å². The van der Waals surface area contributed by atoms with E-state index in [0.29, 0.717) is 17.1 Å². The van der Waals surface area contributed by atoms with Gasteiger partial charge in [-0.05, 0) is 37.1 Å². The second-order valence-corrected chi connectivity index (χ2v) is 6.88. The number of aromatic nitrogens is 1. The molecule has 0 aliphatic heterocycles. The van der Waals surface area contributed by atoms with Crippen LogP contribution in [-0.2, 0) is 12.8 Å². The Balaban J connectivity index is 1.93. The van der Waals surface area contributed by atoms with Gasteiger partial charge in [0.05, 0.1) is 5.69 Å². The van der Waals surface area contributed by atoms with Gasteiger partial charge >= 0.3 is 0 Å². The number of carbonyl (C=O) groups is 1. The molecule has 0 atom stereocenters. The standard InChI is InChI=1S/C14H17N3OS2/c1-19-6-5-16-13(18)12-11(15)9-7-8-3-2-4-10(8)17-14(9)20-12/h7H,2-6,15H2,1H3,(H,16,18). The number of thioether (sulfide) groups is 1. The van der Waals surface area contributed by atoms with Crippen LogP contribution in [0, 0.1) is 0 Å². The van der Waals surface area contributed by atoms with Crippen LogP contribution in [0.15, 0.2) is 6.07 Å². The quantitative estimate of drug-likeness (QED) is 0.852. The van der Waals surface area contributed by atoms with Crippen molar-refractivity contribution in [2.75, 3.05) is 24.3 Å². The molecule has 1 aliphatic carbocycles. The van der Waals surface area contributed by atoms with Crippen LogP contribution >= 0.6 is 23.1 Å². The van der Waals surface area contributed by atoms with E-state index < -0.39 is 0 Å². The lowest BCUT2D eigenvalue weighted by atomic mass is 10.1. The van der Waals surface area contributed by atoms with E-state index in [1.165, 1.54) is 29.0 Å². The topological polar surface area (TPSA) is 68.0 Å². The van der Waals surface area contributed by atoms with Gasteiger partial charge in [-0.3, -0.25) is 4.79 Å². The normalized spacial score (nSPS) is 13.7. The number of carbonyl (C=O) groups excluding carboxylic acids is 1. The molecule has 4 nitrogen and oxygen atoms in total. The van der Waals surface area contributed by atoms with Crippen LogP contribution in [0.1, 0.15) is 27.3 Å². The summed E-state index contributed by atoms with van der Waals surface area (Å²) >= 11 is 3.11. The van der Waals surface area contributed by atoms with Crippen molar-refractivity contribution in [1.82, 2.24) is 10.3 Å². The minimum atomic E-state index is -0.0836. The highest BCUT2D eigenvalue weighted by Crippen LogP contribution is 2.35. The van der Waals surface area contributed by atoms with Crippen LogP contribution in [0.25, 0.3) is 10.2 Å². The van der Waals surface area contributed by atoms with Gasteiger partial charge in [0.2, 0.25) is 0 Å². The zero-order chi connectivity index (χ0) is 14.1. The Morgan fingerprint density at radius 3 is 3.20 bits per heavy atom. The van der Waals surface area contributed by atoms with Crippen molar-refractivity contribution in [1.29, 1.82) is 0 Å². The first kappa shape index (κ1) is 13.7. The van der Waals surface area contributed by atoms with E-state index in [-0.39, 0.29) is 5.91 Å². The molecule has 20 heavy (non-hydrogen) atoms. The van der Waals surface area contributed by atoms with Crippen molar-refractivity contribution in [2.45, 2.75) is 19.3 Å². The summed E-state index contributed by atoms with van der Waals surface area (Å²) in [6.45, 7) is 0.664. The van der Waals surface area contributed by atoms with Crippen LogP contribution in [0.5, 0.6) is 0 Å². The zero-order valence-electron chi connectivity index (χ0n) is 11.4. The van der Waals surface area contributed by atoms with Gasteiger partial charge < -0.3 is 11.1 Å². The second kappa shape index (κ2) is 5.61. The summed E-state index contributed by atoms with van der Waals surface area (Å²) in [6, 6.07) is 2.12. The molecular weight excluding hydrogens is 290 g/mol. The van der Waals surface area contributed by atoms with Crippen LogP contribution in [-0.4, -0.2) is 29.4 Å². The highest BCUT2D eigenvalue weighted by Gasteiger charge is 2.20. The SMILES string of the molecule is CSCCNC(=O)c1sc2nc3c(cc2c1N)CCC3. The molecule has 1 amide bonds. The number of amides is 1.